The van der Waals surface area contributed by atoms with Gasteiger partial charge in [-0.05, 0) is 18.2 Å². The van der Waals surface area contributed by atoms with Crippen LogP contribution < -0.4 is 4.74 Å². The molecule has 0 saturated carbocycles. The number of hydrogen-bond donors (Lipinski definition) is 0. The standard InChI is InChI=1S/C16H18Cl2N2O4/c1-2-9-23-16(22)20-7-5-19(6-8-20)15(21)11-24-14-4-3-12(17)10-13(14)18/h2-4,10H,1,5-9,11H2. The molecule has 2 amide bonds. The summed E-state index contributed by atoms with van der Waals surface area (Å²) in [4.78, 5) is 27.1. The topological polar surface area (TPSA) is 59.1 Å². The lowest BCUT2D eigenvalue weighted by Gasteiger charge is -2.34. The van der Waals surface area contributed by atoms with Gasteiger partial charge in [-0.2, -0.15) is 0 Å². The van der Waals surface area contributed by atoms with Gasteiger partial charge in [-0.25, -0.2) is 4.79 Å². The maximum atomic E-state index is 12.2. The molecule has 24 heavy (non-hydrogen) atoms. The molecule has 1 aliphatic heterocycles. The fraction of sp³-hybridized carbons (Fsp3) is 0.375. The van der Waals surface area contributed by atoms with Crippen LogP contribution in [0.25, 0.3) is 0 Å². The van der Waals surface area contributed by atoms with Crippen LogP contribution in [0.15, 0.2) is 30.9 Å². The minimum Gasteiger partial charge on any atom is -0.482 e. The molecule has 0 aliphatic carbocycles. The van der Waals surface area contributed by atoms with Gasteiger partial charge in [0.1, 0.15) is 12.4 Å². The van der Waals surface area contributed by atoms with Gasteiger partial charge < -0.3 is 19.3 Å². The molecular weight excluding hydrogens is 355 g/mol. The van der Waals surface area contributed by atoms with Crippen LogP contribution in [0.5, 0.6) is 5.75 Å². The Morgan fingerprint density at radius 2 is 1.83 bits per heavy atom. The summed E-state index contributed by atoms with van der Waals surface area (Å²) in [6.07, 6.45) is 1.11. The molecular formula is C16H18Cl2N2O4. The van der Waals surface area contributed by atoms with Crippen molar-refractivity contribution in [1.82, 2.24) is 9.80 Å². The van der Waals surface area contributed by atoms with Gasteiger partial charge in [0.05, 0.1) is 5.02 Å². The van der Waals surface area contributed by atoms with Gasteiger partial charge in [0.2, 0.25) is 0 Å². The van der Waals surface area contributed by atoms with Crippen LogP contribution in [0.4, 0.5) is 4.79 Å². The summed E-state index contributed by atoms with van der Waals surface area (Å²) in [5, 5.41) is 0.850. The van der Waals surface area contributed by atoms with Crippen molar-refractivity contribution in [2.45, 2.75) is 0 Å². The fourth-order valence-electron chi connectivity index (χ4n) is 2.18. The van der Waals surface area contributed by atoms with Gasteiger partial charge in [0.25, 0.3) is 5.91 Å². The Morgan fingerprint density at radius 1 is 1.17 bits per heavy atom. The van der Waals surface area contributed by atoms with Crippen molar-refractivity contribution >= 4 is 35.2 Å². The molecule has 0 radical (unpaired) electrons. The molecule has 0 aromatic heterocycles. The summed E-state index contributed by atoms with van der Waals surface area (Å²) in [7, 11) is 0. The number of carbonyl (C=O) groups excluding carboxylic acids is 2. The van der Waals surface area contributed by atoms with E-state index in [1.165, 1.54) is 6.08 Å². The van der Waals surface area contributed by atoms with E-state index in [1.54, 1.807) is 28.0 Å². The zero-order chi connectivity index (χ0) is 17.5. The third-order valence-corrected chi connectivity index (χ3v) is 3.99. The van der Waals surface area contributed by atoms with E-state index in [4.69, 9.17) is 32.7 Å². The summed E-state index contributed by atoms with van der Waals surface area (Å²) in [6.45, 7) is 5.24. The molecule has 0 unspecified atom stereocenters. The predicted octanol–water partition coefficient (Wildman–Crippen LogP) is 2.84. The molecule has 1 aromatic rings. The van der Waals surface area contributed by atoms with Gasteiger partial charge in [-0.3, -0.25) is 4.79 Å². The highest BCUT2D eigenvalue weighted by molar-refractivity contribution is 6.35. The first-order valence-corrected chi connectivity index (χ1v) is 8.15. The number of halogens is 2. The van der Waals surface area contributed by atoms with Crippen molar-refractivity contribution in [3.8, 4) is 5.75 Å². The molecule has 2 rings (SSSR count). The number of hydrogen-bond acceptors (Lipinski definition) is 4. The number of nitrogens with zero attached hydrogens (tertiary/aromatic N) is 2. The summed E-state index contributed by atoms with van der Waals surface area (Å²) in [6, 6.07) is 4.81. The van der Waals surface area contributed by atoms with Crippen LogP contribution in [-0.4, -0.2) is 61.2 Å². The van der Waals surface area contributed by atoms with Gasteiger partial charge in [-0.1, -0.05) is 35.9 Å². The summed E-state index contributed by atoms with van der Waals surface area (Å²) in [5.41, 5.74) is 0. The summed E-state index contributed by atoms with van der Waals surface area (Å²) < 4.78 is 10.4. The van der Waals surface area contributed by atoms with Gasteiger partial charge >= 0.3 is 6.09 Å². The van der Waals surface area contributed by atoms with Gasteiger partial charge in [0, 0.05) is 31.2 Å². The van der Waals surface area contributed by atoms with Crippen molar-refractivity contribution in [3.63, 3.8) is 0 Å². The highest BCUT2D eigenvalue weighted by Gasteiger charge is 2.25. The smallest absolute Gasteiger partial charge is 0.410 e. The molecule has 1 aromatic carbocycles. The number of piperazine rings is 1. The normalized spacial score (nSPS) is 14.2. The van der Waals surface area contributed by atoms with E-state index in [9.17, 15) is 9.59 Å². The molecule has 1 aliphatic rings. The number of rotatable bonds is 5. The molecule has 0 atom stereocenters. The van der Waals surface area contributed by atoms with E-state index < -0.39 is 6.09 Å². The average Bonchev–Trinajstić information content (AvgIpc) is 2.58. The lowest BCUT2D eigenvalue weighted by atomic mass is 10.3. The van der Waals surface area contributed by atoms with Gasteiger partial charge in [-0.15, -0.1) is 0 Å². The molecule has 8 heteroatoms. The first-order chi connectivity index (χ1) is 11.5. The summed E-state index contributed by atoms with van der Waals surface area (Å²) in [5.74, 6) is 0.237. The second kappa shape index (κ2) is 8.80. The third-order valence-electron chi connectivity index (χ3n) is 3.46. The van der Waals surface area contributed by atoms with Crippen LogP contribution in [0.1, 0.15) is 0 Å². The molecule has 1 fully saturated rings. The zero-order valence-electron chi connectivity index (χ0n) is 13.0. The maximum absolute atomic E-state index is 12.2. The Morgan fingerprint density at radius 3 is 2.46 bits per heavy atom. The molecule has 1 saturated heterocycles. The Kier molecular flexibility index (Phi) is 6.75. The van der Waals surface area contributed by atoms with E-state index in [2.05, 4.69) is 6.58 Å². The lowest BCUT2D eigenvalue weighted by Crippen LogP contribution is -2.51. The third kappa shape index (κ3) is 5.04. The van der Waals surface area contributed by atoms with Crippen molar-refractivity contribution in [2.75, 3.05) is 39.4 Å². The number of benzene rings is 1. The predicted molar refractivity (Wildman–Crippen MR) is 91.7 cm³/mol. The molecule has 0 N–H and O–H groups in total. The van der Waals surface area contributed by atoms with Crippen molar-refractivity contribution in [2.24, 2.45) is 0 Å². The first-order valence-electron chi connectivity index (χ1n) is 7.39. The molecule has 130 valence electrons. The largest absolute Gasteiger partial charge is 0.482 e. The minimum absolute atomic E-state index is 0.123. The Balaban J connectivity index is 1.78. The fourth-order valence-corrected chi connectivity index (χ4v) is 2.65. The second-order valence-corrected chi connectivity index (χ2v) is 5.94. The average molecular weight is 373 g/mol. The first kappa shape index (κ1) is 18.4. The minimum atomic E-state index is -0.397. The number of amides is 2. The lowest BCUT2D eigenvalue weighted by molar-refractivity contribution is -0.134. The van der Waals surface area contributed by atoms with Crippen LogP contribution in [0, 0.1) is 0 Å². The van der Waals surface area contributed by atoms with Crippen LogP contribution in [0.2, 0.25) is 10.0 Å². The Hall–Kier alpha value is -1.92. The highest BCUT2D eigenvalue weighted by atomic mass is 35.5. The molecule has 0 bridgehead atoms. The quantitative estimate of drug-likeness (QED) is 0.745. The highest BCUT2D eigenvalue weighted by Crippen LogP contribution is 2.27. The second-order valence-electron chi connectivity index (χ2n) is 5.10. The van der Waals surface area contributed by atoms with Crippen LogP contribution in [0.3, 0.4) is 0 Å². The molecule has 6 nitrogen and oxygen atoms in total. The van der Waals surface area contributed by atoms with Crippen LogP contribution >= 0.6 is 23.2 Å². The van der Waals surface area contributed by atoms with E-state index >= 15 is 0 Å². The van der Waals surface area contributed by atoms with E-state index in [0.29, 0.717) is 42.0 Å². The number of carbonyl (C=O) groups is 2. The van der Waals surface area contributed by atoms with Crippen LogP contribution in [-0.2, 0) is 9.53 Å². The monoisotopic (exact) mass is 372 g/mol. The van der Waals surface area contributed by atoms with E-state index in [1.807, 2.05) is 0 Å². The SMILES string of the molecule is C=CCOC(=O)N1CCN(C(=O)COc2ccc(Cl)cc2Cl)CC1. The Bertz CT molecular complexity index is 616. The Labute approximate surface area is 150 Å². The molecule has 1 heterocycles. The van der Waals surface area contributed by atoms with Crippen molar-refractivity contribution < 1.29 is 19.1 Å². The van der Waals surface area contributed by atoms with Crippen molar-refractivity contribution in [3.05, 3.63) is 40.9 Å². The maximum Gasteiger partial charge on any atom is 0.410 e. The summed E-state index contributed by atoms with van der Waals surface area (Å²) >= 11 is 11.8. The van der Waals surface area contributed by atoms with E-state index in [0.717, 1.165) is 0 Å². The van der Waals surface area contributed by atoms with Gasteiger partial charge in [0.15, 0.2) is 6.61 Å². The van der Waals surface area contributed by atoms with E-state index in [-0.39, 0.29) is 19.1 Å². The zero-order valence-corrected chi connectivity index (χ0v) is 14.6. The van der Waals surface area contributed by atoms with Crippen molar-refractivity contribution in [1.29, 1.82) is 0 Å². The molecule has 0 spiro atoms. The number of ether oxygens (including phenoxy) is 2.